The van der Waals surface area contributed by atoms with Gasteiger partial charge in [0.25, 0.3) is 0 Å². The van der Waals surface area contributed by atoms with Gasteiger partial charge in [0.2, 0.25) is 5.91 Å². The lowest BCUT2D eigenvalue weighted by atomic mass is 10.1. The molecule has 1 heterocycles. The lowest BCUT2D eigenvalue weighted by Gasteiger charge is -2.05. The highest BCUT2D eigenvalue weighted by molar-refractivity contribution is 5.82. The standard InChI is InChI=1S/C19H17N3O/c23-19(14-16-8-3-1-4-9-16)21-20-15-18-12-7-13-22(18)17-10-5-2-6-11-17/h1-13,15H,14H2,(H,21,23)/b20-15+. The predicted molar refractivity (Wildman–Crippen MR) is 91.7 cm³/mol. The number of aromatic nitrogens is 1. The number of hydrogen-bond donors (Lipinski definition) is 1. The second-order valence-corrected chi connectivity index (χ2v) is 5.09. The van der Waals surface area contributed by atoms with Crippen LogP contribution < -0.4 is 5.43 Å². The van der Waals surface area contributed by atoms with Gasteiger partial charge in [-0.3, -0.25) is 4.79 Å². The van der Waals surface area contributed by atoms with Crippen LogP contribution in [0.1, 0.15) is 11.3 Å². The molecule has 0 aliphatic carbocycles. The van der Waals surface area contributed by atoms with Crippen LogP contribution in [0, 0.1) is 0 Å². The molecule has 1 amide bonds. The van der Waals surface area contributed by atoms with E-state index < -0.39 is 0 Å². The Morgan fingerprint density at radius 3 is 2.39 bits per heavy atom. The molecule has 1 aromatic heterocycles. The molecule has 0 saturated carbocycles. The molecule has 0 spiro atoms. The van der Waals surface area contributed by atoms with Gasteiger partial charge >= 0.3 is 0 Å². The van der Waals surface area contributed by atoms with Crippen molar-refractivity contribution in [3.8, 4) is 5.69 Å². The normalized spacial score (nSPS) is 10.8. The highest BCUT2D eigenvalue weighted by Gasteiger charge is 2.02. The zero-order chi connectivity index (χ0) is 15.9. The Kier molecular flexibility index (Phi) is 4.64. The lowest BCUT2D eigenvalue weighted by molar-refractivity contribution is -0.120. The minimum absolute atomic E-state index is 0.134. The molecule has 0 aliphatic rings. The summed E-state index contributed by atoms with van der Waals surface area (Å²) in [6, 6.07) is 23.5. The Morgan fingerprint density at radius 1 is 0.957 bits per heavy atom. The van der Waals surface area contributed by atoms with Crippen molar-refractivity contribution in [1.29, 1.82) is 0 Å². The Morgan fingerprint density at radius 2 is 1.65 bits per heavy atom. The van der Waals surface area contributed by atoms with E-state index in [4.69, 9.17) is 0 Å². The predicted octanol–water partition coefficient (Wildman–Crippen LogP) is 3.17. The molecule has 0 fully saturated rings. The molecule has 0 radical (unpaired) electrons. The van der Waals surface area contributed by atoms with E-state index in [2.05, 4.69) is 10.5 Å². The van der Waals surface area contributed by atoms with Crippen molar-refractivity contribution >= 4 is 12.1 Å². The summed E-state index contributed by atoms with van der Waals surface area (Å²) in [5, 5.41) is 4.05. The van der Waals surface area contributed by atoms with Crippen molar-refractivity contribution in [3.05, 3.63) is 90.3 Å². The summed E-state index contributed by atoms with van der Waals surface area (Å²) in [7, 11) is 0. The summed E-state index contributed by atoms with van der Waals surface area (Å²) in [5.74, 6) is -0.134. The van der Waals surface area contributed by atoms with Crippen molar-refractivity contribution in [1.82, 2.24) is 9.99 Å². The average Bonchev–Trinajstić information content (AvgIpc) is 3.05. The van der Waals surface area contributed by atoms with Crippen LogP contribution in [0.3, 0.4) is 0 Å². The van der Waals surface area contributed by atoms with E-state index in [1.165, 1.54) is 0 Å². The molecular formula is C19H17N3O. The van der Waals surface area contributed by atoms with Crippen molar-refractivity contribution in [2.45, 2.75) is 6.42 Å². The second-order valence-electron chi connectivity index (χ2n) is 5.09. The number of hydrazone groups is 1. The average molecular weight is 303 g/mol. The van der Waals surface area contributed by atoms with Gasteiger partial charge in [-0.1, -0.05) is 48.5 Å². The first kappa shape index (κ1) is 14.8. The molecule has 0 aliphatic heterocycles. The largest absolute Gasteiger partial charge is 0.316 e. The minimum Gasteiger partial charge on any atom is -0.316 e. The zero-order valence-corrected chi connectivity index (χ0v) is 12.6. The number of carbonyl (C=O) groups is 1. The summed E-state index contributed by atoms with van der Waals surface area (Å²) in [6.07, 6.45) is 3.93. The van der Waals surface area contributed by atoms with Crippen molar-refractivity contribution in [2.24, 2.45) is 5.10 Å². The number of benzene rings is 2. The fraction of sp³-hybridized carbons (Fsp3) is 0.0526. The summed E-state index contributed by atoms with van der Waals surface area (Å²) < 4.78 is 2.01. The van der Waals surface area contributed by atoms with E-state index >= 15 is 0 Å². The lowest BCUT2D eigenvalue weighted by Crippen LogP contribution is -2.19. The monoisotopic (exact) mass is 303 g/mol. The van der Waals surface area contributed by atoms with Gasteiger partial charge in [0.1, 0.15) is 0 Å². The maximum Gasteiger partial charge on any atom is 0.244 e. The molecule has 1 N–H and O–H groups in total. The van der Waals surface area contributed by atoms with Crippen LogP contribution >= 0.6 is 0 Å². The van der Waals surface area contributed by atoms with Gasteiger partial charge in [-0.15, -0.1) is 0 Å². The zero-order valence-electron chi connectivity index (χ0n) is 12.6. The van der Waals surface area contributed by atoms with E-state index in [0.717, 1.165) is 16.9 Å². The first-order valence-corrected chi connectivity index (χ1v) is 7.41. The molecule has 0 bridgehead atoms. The molecular weight excluding hydrogens is 286 g/mol. The fourth-order valence-corrected chi connectivity index (χ4v) is 2.31. The molecule has 0 atom stereocenters. The van der Waals surface area contributed by atoms with Gasteiger partial charge in [-0.25, -0.2) is 5.43 Å². The Balaban J connectivity index is 1.63. The molecule has 3 aromatic rings. The first-order valence-electron chi connectivity index (χ1n) is 7.41. The minimum atomic E-state index is -0.134. The van der Waals surface area contributed by atoms with E-state index in [1.807, 2.05) is 83.6 Å². The molecule has 2 aromatic carbocycles. The third kappa shape index (κ3) is 3.95. The summed E-state index contributed by atoms with van der Waals surface area (Å²) in [6.45, 7) is 0. The molecule has 0 unspecified atom stereocenters. The third-order valence-electron chi connectivity index (χ3n) is 3.41. The van der Waals surface area contributed by atoms with Crippen LogP contribution in [0.4, 0.5) is 0 Å². The van der Waals surface area contributed by atoms with Crippen LogP contribution in [0.2, 0.25) is 0 Å². The highest BCUT2D eigenvalue weighted by Crippen LogP contribution is 2.10. The quantitative estimate of drug-likeness (QED) is 0.571. The Hall–Kier alpha value is -3.14. The third-order valence-corrected chi connectivity index (χ3v) is 3.41. The molecule has 23 heavy (non-hydrogen) atoms. The van der Waals surface area contributed by atoms with E-state index in [-0.39, 0.29) is 5.91 Å². The number of carbonyl (C=O) groups excluding carboxylic acids is 1. The smallest absolute Gasteiger partial charge is 0.244 e. The molecule has 3 rings (SSSR count). The van der Waals surface area contributed by atoms with Gasteiger partial charge < -0.3 is 4.57 Å². The van der Waals surface area contributed by atoms with Gasteiger partial charge in [0, 0.05) is 11.9 Å². The van der Waals surface area contributed by atoms with Crippen LogP contribution in [-0.2, 0) is 11.2 Å². The van der Waals surface area contributed by atoms with Gasteiger partial charge in [-0.2, -0.15) is 5.10 Å². The van der Waals surface area contributed by atoms with Crippen LogP contribution in [0.5, 0.6) is 0 Å². The molecule has 4 nitrogen and oxygen atoms in total. The Bertz CT molecular complexity index is 792. The maximum absolute atomic E-state index is 11.9. The van der Waals surface area contributed by atoms with Gasteiger partial charge in [-0.05, 0) is 29.8 Å². The fourth-order valence-electron chi connectivity index (χ4n) is 2.31. The van der Waals surface area contributed by atoms with Crippen molar-refractivity contribution < 1.29 is 4.79 Å². The SMILES string of the molecule is O=C(Cc1ccccc1)N/N=C/c1cccn1-c1ccccc1. The number of nitrogens with one attached hydrogen (secondary N) is 1. The molecule has 4 heteroatoms. The Labute approximate surface area is 135 Å². The van der Waals surface area contributed by atoms with Gasteiger partial charge in [0.15, 0.2) is 0 Å². The topological polar surface area (TPSA) is 46.4 Å². The van der Waals surface area contributed by atoms with E-state index in [0.29, 0.717) is 6.42 Å². The van der Waals surface area contributed by atoms with Crippen molar-refractivity contribution in [3.63, 3.8) is 0 Å². The number of para-hydroxylation sites is 1. The summed E-state index contributed by atoms with van der Waals surface area (Å²) >= 11 is 0. The van der Waals surface area contributed by atoms with E-state index in [9.17, 15) is 4.79 Å². The highest BCUT2D eigenvalue weighted by atomic mass is 16.2. The number of amides is 1. The first-order chi connectivity index (χ1) is 11.3. The summed E-state index contributed by atoms with van der Waals surface area (Å²) in [4.78, 5) is 11.9. The van der Waals surface area contributed by atoms with E-state index in [1.54, 1.807) is 6.21 Å². The second kappa shape index (κ2) is 7.22. The molecule has 0 saturated heterocycles. The van der Waals surface area contributed by atoms with Crippen LogP contribution in [0.25, 0.3) is 5.69 Å². The molecule has 114 valence electrons. The van der Waals surface area contributed by atoms with Crippen molar-refractivity contribution in [2.75, 3.05) is 0 Å². The van der Waals surface area contributed by atoms with Crippen LogP contribution in [-0.4, -0.2) is 16.7 Å². The number of nitrogens with zero attached hydrogens (tertiary/aromatic N) is 2. The number of hydrogen-bond acceptors (Lipinski definition) is 2. The number of rotatable bonds is 5. The van der Waals surface area contributed by atoms with Gasteiger partial charge in [0.05, 0.1) is 18.3 Å². The summed E-state index contributed by atoms with van der Waals surface area (Å²) in [5.41, 5.74) is 5.48. The maximum atomic E-state index is 11.9. The van der Waals surface area contributed by atoms with Crippen LogP contribution in [0.15, 0.2) is 84.1 Å².